The maximum absolute atomic E-state index is 4.65. The monoisotopic (exact) mass is 268 g/mol. The van der Waals surface area contributed by atoms with E-state index in [-0.39, 0.29) is 0 Å². The topological polar surface area (TPSA) is 24.9 Å². The zero-order valence-electron chi connectivity index (χ0n) is 12.4. The van der Waals surface area contributed by atoms with Gasteiger partial charge in [0.2, 0.25) is 0 Å². The fraction of sp³-hybridized carbons (Fsp3) is 0.800. The molecule has 0 spiro atoms. The molecule has 0 aliphatic carbocycles. The van der Waals surface area contributed by atoms with Gasteiger partial charge in [0.25, 0.3) is 0 Å². The van der Waals surface area contributed by atoms with Crippen molar-refractivity contribution >= 4 is 11.3 Å². The third-order valence-electron chi connectivity index (χ3n) is 3.78. The lowest BCUT2D eigenvalue weighted by Crippen LogP contribution is -2.36. The Labute approximate surface area is 116 Å². The molecule has 0 saturated carbocycles. The molecule has 1 aromatic rings. The summed E-state index contributed by atoms with van der Waals surface area (Å²) in [7, 11) is 0. The van der Waals surface area contributed by atoms with Gasteiger partial charge in [0.15, 0.2) is 0 Å². The summed E-state index contributed by atoms with van der Waals surface area (Å²) >= 11 is 1.77. The summed E-state index contributed by atoms with van der Waals surface area (Å²) in [4.78, 5) is 4.65. The lowest BCUT2D eigenvalue weighted by molar-refractivity contribution is 0.229. The Morgan fingerprint density at radius 2 is 2.11 bits per heavy atom. The highest BCUT2D eigenvalue weighted by atomic mass is 32.1. The summed E-state index contributed by atoms with van der Waals surface area (Å²) in [6.07, 6.45) is 6.27. The number of hydrogen-bond donors (Lipinski definition) is 1. The fourth-order valence-electron chi connectivity index (χ4n) is 2.48. The summed E-state index contributed by atoms with van der Waals surface area (Å²) in [6.45, 7) is 11.1. The first-order chi connectivity index (χ1) is 8.65. The molecule has 18 heavy (non-hydrogen) atoms. The van der Waals surface area contributed by atoms with Crippen molar-refractivity contribution in [2.45, 2.75) is 59.8 Å². The molecular formula is C15H28N2S. The van der Waals surface area contributed by atoms with Crippen LogP contribution in [0.2, 0.25) is 0 Å². The molecule has 0 aliphatic heterocycles. The van der Waals surface area contributed by atoms with Gasteiger partial charge < -0.3 is 5.32 Å². The number of aryl methyl sites for hydroxylation is 1. The Morgan fingerprint density at radius 1 is 1.33 bits per heavy atom. The average molecular weight is 268 g/mol. The smallest absolute Gasteiger partial charge is 0.0897 e. The summed E-state index contributed by atoms with van der Waals surface area (Å²) < 4.78 is 0. The van der Waals surface area contributed by atoms with Crippen molar-refractivity contribution < 1.29 is 0 Å². The highest BCUT2D eigenvalue weighted by Crippen LogP contribution is 2.32. The van der Waals surface area contributed by atoms with Crippen molar-refractivity contribution in [3.05, 3.63) is 16.1 Å². The zero-order valence-corrected chi connectivity index (χ0v) is 13.2. The van der Waals surface area contributed by atoms with Crippen LogP contribution in [0.3, 0.4) is 0 Å². The van der Waals surface area contributed by atoms with E-state index in [1.807, 2.05) is 0 Å². The second-order valence-electron chi connectivity index (χ2n) is 5.27. The van der Waals surface area contributed by atoms with E-state index in [1.54, 1.807) is 11.3 Å². The van der Waals surface area contributed by atoms with E-state index < -0.39 is 0 Å². The number of thiazole rings is 1. The molecule has 1 heterocycles. The first kappa shape index (κ1) is 15.6. The van der Waals surface area contributed by atoms with Gasteiger partial charge in [-0.15, -0.1) is 11.3 Å². The predicted molar refractivity (Wildman–Crippen MR) is 81.3 cm³/mol. The van der Waals surface area contributed by atoms with E-state index in [2.05, 4.69) is 43.4 Å². The molecule has 104 valence electrons. The van der Waals surface area contributed by atoms with E-state index in [4.69, 9.17) is 0 Å². The number of aromatic nitrogens is 1. The van der Waals surface area contributed by atoms with Crippen molar-refractivity contribution in [3.63, 3.8) is 0 Å². The van der Waals surface area contributed by atoms with E-state index in [0.717, 1.165) is 19.5 Å². The van der Waals surface area contributed by atoms with Crippen LogP contribution in [0.15, 0.2) is 5.38 Å². The van der Waals surface area contributed by atoms with Crippen molar-refractivity contribution in [3.8, 4) is 0 Å². The minimum Gasteiger partial charge on any atom is -0.316 e. The van der Waals surface area contributed by atoms with Crippen LogP contribution in [0.25, 0.3) is 0 Å². The predicted octanol–water partition coefficient (Wildman–Crippen LogP) is 4.19. The molecule has 0 saturated heterocycles. The maximum Gasteiger partial charge on any atom is 0.0897 e. The number of hydrogen-bond acceptors (Lipinski definition) is 3. The molecule has 1 N–H and O–H groups in total. The molecule has 3 heteroatoms. The fourth-order valence-corrected chi connectivity index (χ4v) is 3.09. The van der Waals surface area contributed by atoms with Gasteiger partial charge in [-0.1, -0.05) is 33.6 Å². The molecule has 0 bridgehead atoms. The lowest BCUT2D eigenvalue weighted by atomic mass is 9.76. The van der Waals surface area contributed by atoms with E-state index in [9.17, 15) is 0 Å². The summed E-state index contributed by atoms with van der Waals surface area (Å²) in [6, 6.07) is 0. The standard InChI is InChI=1S/C15H28N2S/c1-5-8-9-15(6-2,12-16-7-3)10-14-11-18-13(4)17-14/h11,16H,5-10,12H2,1-4H3. The summed E-state index contributed by atoms with van der Waals surface area (Å²) in [5.74, 6) is 0. The highest BCUT2D eigenvalue weighted by Gasteiger charge is 2.28. The van der Waals surface area contributed by atoms with Gasteiger partial charge in [-0.3, -0.25) is 0 Å². The Kier molecular flexibility index (Phi) is 6.87. The van der Waals surface area contributed by atoms with Gasteiger partial charge in [0, 0.05) is 11.9 Å². The third-order valence-corrected chi connectivity index (χ3v) is 4.61. The van der Waals surface area contributed by atoms with Crippen LogP contribution in [0.5, 0.6) is 0 Å². The molecule has 1 atom stereocenters. The van der Waals surface area contributed by atoms with Crippen molar-refractivity contribution in [1.82, 2.24) is 10.3 Å². The second-order valence-corrected chi connectivity index (χ2v) is 6.33. The summed E-state index contributed by atoms with van der Waals surface area (Å²) in [5.41, 5.74) is 1.68. The van der Waals surface area contributed by atoms with Gasteiger partial charge in [-0.2, -0.15) is 0 Å². The van der Waals surface area contributed by atoms with Gasteiger partial charge >= 0.3 is 0 Å². The Balaban J connectivity index is 2.73. The second kappa shape index (κ2) is 7.90. The normalized spacial score (nSPS) is 14.7. The van der Waals surface area contributed by atoms with Gasteiger partial charge in [0.05, 0.1) is 10.7 Å². The van der Waals surface area contributed by atoms with Crippen LogP contribution in [0, 0.1) is 12.3 Å². The van der Waals surface area contributed by atoms with Crippen LogP contribution in [-0.4, -0.2) is 18.1 Å². The Bertz CT molecular complexity index is 325. The van der Waals surface area contributed by atoms with Gasteiger partial charge in [0.1, 0.15) is 0 Å². The highest BCUT2D eigenvalue weighted by molar-refractivity contribution is 7.09. The summed E-state index contributed by atoms with van der Waals surface area (Å²) in [5, 5.41) is 6.97. The van der Waals surface area contributed by atoms with Crippen molar-refractivity contribution in [1.29, 1.82) is 0 Å². The molecule has 0 fully saturated rings. The Morgan fingerprint density at radius 3 is 2.61 bits per heavy atom. The van der Waals surface area contributed by atoms with E-state index in [1.165, 1.54) is 36.4 Å². The van der Waals surface area contributed by atoms with Crippen LogP contribution >= 0.6 is 11.3 Å². The van der Waals surface area contributed by atoms with Gasteiger partial charge in [-0.25, -0.2) is 4.98 Å². The van der Waals surface area contributed by atoms with Crippen LogP contribution in [0.4, 0.5) is 0 Å². The molecule has 0 amide bonds. The molecule has 1 aromatic heterocycles. The van der Waals surface area contributed by atoms with E-state index in [0.29, 0.717) is 5.41 Å². The molecule has 0 aromatic carbocycles. The Hall–Kier alpha value is -0.410. The third kappa shape index (κ3) is 4.69. The van der Waals surface area contributed by atoms with Gasteiger partial charge in [-0.05, 0) is 38.1 Å². The molecule has 0 radical (unpaired) electrons. The molecular weight excluding hydrogens is 240 g/mol. The van der Waals surface area contributed by atoms with E-state index >= 15 is 0 Å². The van der Waals surface area contributed by atoms with Crippen LogP contribution in [0.1, 0.15) is 57.2 Å². The minimum atomic E-state index is 0.395. The molecule has 0 aliphatic rings. The molecule has 2 nitrogen and oxygen atoms in total. The quantitative estimate of drug-likeness (QED) is 0.726. The maximum atomic E-state index is 4.65. The SMILES string of the molecule is CCCCC(CC)(CNCC)Cc1csc(C)n1. The lowest BCUT2D eigenvalue weighted by Gasteiger charge is -2.33. The first-order valence-corrected chi connectivity index (χ1v) is 8.15. The number of rotatable bonds is 9. The van der Waals surface area contributed by atoms with Crippen LogP contribution in [-0.2, 0) is 6.42 Å². The zero-order chi connectivity index (χ0) is 13.4. The van der Waals surface area contributed by atoms with Crippen molar-refractivity contribution in [2.24, 2.45) is 5.41 Å². The largest absolute Gasteiger partial charge is 0.316 e. The molecule has 1 rings (SSSR count). The average Bonchev–Trinajstić information content (AvgIpc) is 2.78. The minimum absolute atomic E-state index is 0.395. The van der Waals surface area contributed by atoms with Crippen LogP contribution < -0.4 is 5.32 Å². The number of nitrogens with one attached hydrogen (secondary N) is 1. The van der Waals surface area contributed by atoms with Crippen molar-refractivity contribution in [2.75, 3.05) is 13.1 Å². The number of unbranched alkanes of at least 4 members (excludes halogenated alkanes) is 1. The molecule has 1 unspecified atom stereocenters. The number of nitrogens with zero attached hydrogens (tertiary/aromatic N) is 1. The first-order valence-electron chi connectivity index (χ1n) is 7.27.